The maximum Gasteiger partial charge on any atom is 0.129 e. The molecule has 0 bridgehead atoms. The first-order chi connectivity index (χ1) is 16.5. The van der Waals surface area contributed by atoms with Crippen LogP contribution in [-0.2, 0) is 25.7 Å². The van der Waals surface area contributed by atoms with Crippen molar-refractivity contribution in [3.05, 3.63) is 130 Å². The highest BCUT2D eigenvalue weighted by Crippen LogP contribution is 2.26. The summed E-state index contributed by atoms with van der Waals surface area (Å²) in [6.45, 7) is 4.20. The van der Waals surface area contributed by atoms with Crippen LogP contribution >= 0.6 is 0 Å². The third-order valence-electron chi connectivity index (χ3n) is 6.56. The zero-order valence-electron chi connectivity index (χ0n) is 20.0. The zero-order chi connectivity index (χ0) is 23.9. The van der Waals surface area contributed by atoms with Crippen molar-refractivity contribution < 1.29 is 8.78 Å². The van der Waals surface area contributed by atoms with Crippen molar-refractivity contribution in [2.24, 2.45) is 0 Å². The van der Waals surface area contributed by atoms with Gasteiger partial charge in [0.1, 0.15) is 11.6 Å². The van der Waals surface area contributed by atoms with E-state index < -0.39 is 11.6 Å². The highest BCUT2D eigenvalue weighted by Gasteiger charge is 2.12. The van der Waals surface area contributed by atoms with Gasteiger partial charge in [0.05, 0.1) is 0 Å². The molecular formula is C32H32F2. The first-order valence-corrected chi connectivity index (χ1v) is 12.2. The van der Waals surface area contributed by atoms with Crippen LogP contribution in [0.3, 0.4) is 0 Å². The van der Waals surface area contributed by atoms with E-state index in [4.69, 9.17) is 0 Å². The fraction of sp³-hybridized carbons (Fsp3) is 0.250. The summed E-state index contributed by atoms with van der Waals surface area (Å²) >= 11 is 0. The second kappa shape index (κ2) is 11.2. The van der Waals surface area contributed by atoms with Gasteiger partial charge in [-0.2, -0.15) is 0 Å². The van der Waals surface area contributed by atoms with Gasteiger partial charge < -0.3 is 0 Å². The van der Waals surface area contributed by atoms with E-state index in [0.29, 0.717) is 17.9 Å². The molecule has 4 aromatic carbocycles. The summed E-state index contributed by atoms with van der Waals surface area (Å²) in [5.41, 5.74) is 6.86. The van der Waals surface area contributed by atoms with E-state index in [1.54, 1.807) is 0 Å². The Labute approximate surface area is 202 Å². The minimum atomic E-state index is -0.456. The fourth-order valence-electron chi connectivity index (χ4n) is 4.51. The number of halogens is 2. The molecule has 0 nitrogen and oxygen atoms in total. The predicted octanol–water partition coefficient (Wildman–Crippen LogP) is 8.72. The van der Waals surface area contributed by atoms with Crippen molar-refractivity contribution in [3.8, 4) is 11.1 Å². The fourth-order valence-corrected chi connectivity index (χ4v) is 4.51. The van der Waals surface area contributed by atoms with E-state index in [-0.39, 0.29) is 5.56 Å². The van der Waals surface area contributed by atoms with E-state index in [0.717, 1.165) is 31.2 Å². The second-order valence-electron chi connectivity index (χ2n) is 9.20. The SMILES string of the molecule is CCCc1c(F)cc(-c2ccc(CCc3ccc(C[C@@H](C)c4ccccc4)cc3)cc2)cc1F. The van der Waals surface area contributed by atoms with E-state index in [1.807, 2.05) is 19.1 Å². The van der Waals surface area contributed by atoms with Gasteiger partial charge in [-0.15, -0.1) is 0 Å². The first kappa shape index (κ1) is 23.9. The van der Waals surface area contributed by atoms with E-state index in [9.17, 15) is 8.78 Å². The Morgan fingerprint density at radius 1 is 0.618 bits per heavy atom. The Hall–Kier alpha value is -3.26. The Morgan fingerprint density at radius 3 is 1.71 bits per heavy atom. The minimum Gasteiger partial charge on any atom is -0.207 e. The van der Waals surface area contributed by atoms with Crippen LogP contribution < -0.4 is 0 Å². The van der Waals surface area contributed by atoms with Gasteiger partial charge in [0.25, 0.3) is 0 Å². The van der Waals surface area contributed by atoms with Gasteiger partial charge >= 0.3 is 0 Å². The summed E-state index contributed by atoms with van der Waals surface area (Å²) in [6, 6.07) is 30.5. The second-order valence-corrected chi connectivity index (χ2v) is 9.20. The van der Waals surface area contributed by atoms with Crippen molar-refractivity contribution in [1.82, 2.24) is 0 Å². The van der Waals surface area contributed by atoms with E-state index in [1.165, 1.54) is 34.4 Å². The van der Waals surface area contributed by atoms with Crippen LogP contribution in [0.15, 0.2) is 91.0 Å². The highest BCUT2D eigenvalue weighted by atomic mass is 19.1. The molecule has 0 saturated carbocycles. The number of aryl methyl sites for hydroxylation is 2. The van der Waals surface area contributed by atoms with Gasteiger partial charge in [0.15, 0.2) is 0 Å². The van der Waals surface area contributed by atoms with Crippen molar-refractivity contribution in [1.29, 1.82) is 0 Å². The van der Waals surface area contributed by atoms with Gasteiger partial charge in [-0.3, -0.25) is 0 Å². The van der Waals surface area contributed by atoms with Crippen LogP contribution in [0.5, 0.6) is 0 Å². The molecule has 2 heteroatoms. The van der Waals surface area contributed by atoms with Gasteiger partial charge in [-0.1, -0.05) is 99.1 Å². The molecule has 0 aromatic heterocycles. The van der Waals surface area contributed by atoms with Gasteiger partial charge in [0.2, 0.25) is 0 Å². The quantitative estimate of drug-likeness (QED) is 0.237. The topological polar surface area (TPSA) is 0 Å². The van der Waals surface area contributed by atoms with Crippen LogP contribution in [0.4, 0.5) is 8.78 Å². The van der Waals surface area contributed by atoms with Gasteiger partial charge in [0, 0.05) is 5.56 Å². The molecule has 0 N–H and O–H groups in total. The largest absolute Gasteiger partial charge is 0.207 e. The molecule has 4 rings (SSSR count). The smallest absolute Gasteiger partial charge is 0.129 e. The third kappa shape index (κ3) is 5.99. The molecule has 0 radical (unpaired) electrons. The lowest BCUT2D eigenvalue weighted by Gasteiger charge is -2.12. The molecule has 0 aliphatic carbocycles. The maximum atomic E-state index is 14.3. The average Bonchev–Trinajstić information content (AvgIpc) is 2.86. The van der Waals surface area contributed by atoms with Crippen LogP contribution in [0.2, 0.25) is 0 Å². The van der Waals surface area contributed by atoms with Crippen LogP contribution in [-0.4, -0.2) is 0 Å². The summed E-state index contributed by atoms with van der Waals surface area (Å²) in [6.07, 6.45) is 4.06. The number of hydrogen-bond acceptors (Lipinski definition) is 0. The lowest BCUT2D eigenvalue weighted by molar-refractivity contribution is 0.554. The Kier molecular flexibility index (Phi) is 7.90. The highest BCUT2D eigenvalue weighted by molar-refractivity contribution is 5.64. The normalized spacial score (nSPS) is 12.0. The summed E-state index contributed by atoms with van der Waals surface area (Å²) in [7, 11) is 0. The Morgan fingerprint density at radius 2 is 1.15 bits per heavy atom. The molecule has 4 aromatic rings. The van der Waals surface area contributed by atoms with Crippen LogP contribution in [0.25, 0.3) is 11.1 Å². The van der Waals surface area contributed by atoms with E-state index in [2.05, 4.69) is 73.7 Å². The minimum absolute atomic E-state index is 0.184. The third-order valence-corrected chi connectivity index (χ3v) is 6.56. The summed E-state index contributed by atoms with van der Waals surface area (Å²) in [4.78, 5) is 0. The molecular weight excluding hydrogens is 422 g/mol. The number of benzene rings is 4. The molecule has 0 saturated heterocycles. The molecule has 1 atom stereocenters. The van der Waals surface area contributed by atoms with Gasteiger partial charge in [-0.25, -0.2) is 8.78 Å². The predicted molar refractivity (Wildman–Crippen MR) is 138 cm³/mol. The van der Waals surface area contributed by atoms with Crippen molar-refractivity contribution in [3.63, 3.8) is 0 Å². The van der Waals surface area contributed by atoms with Crippen molar-refractivity contribution in [2.75, 3.05) is 0 Å². The Bertz CT molecular complexity index is 1170. The van der Waals surface area contributed by atoms with Crippen LogP contribution in [0, 0.1) is 11.6 Å². The molecule has 34 heavy (non-hydrogen) atoms. The van der Waals surface area contributed by atoms with E-state index >= 15 is 0 Å². The maximum absolute atomic E-state index is 14.3. The summed E-state index contributed by atoms with van der Waals surface area (Å²) in [5.74, 6) is -0.416. The Balaban J connectivity index is 1.34. The monoisotopic (exact) mass is 454 g/mol. The summed E-state index contributed by atoms with van der Waals surface area (Å²) in [5, 5.41) is 0. The lowest BCUT2D eigenvalue weighted by Crippen LogP contribution is -1.99. The number of hydrogen-bond donors (Lipinski definition) is 0. The lowest BCUT2D eigenvalue weighted by atomic mass is 9.93. The molecule has 0 amide bonds. The molecule has 0 aliphatic rings. The average molecular weight is 455 g/mol. The molecule has 0 fully saturated rings. The van der Waals surface area contributed by atoms with Gasteiger partial charge in [-0.05, 0) is 77.1 Å². The molecule has 0 unspecified atom stereocenters. The molecule has 174 valence electrons. The van der Waals surface area contributed by atoms with Crippen molar-refractivity contribution in [2.45, 2.75) is 51.9 Å². The zero-order valence-corrected chi connectivity index (χ0v) is 20.0. The van der Waals surface area contributed by atoms with Crippen molar-refractivity contribution >= 4 is 0 Å². The standard InChI is InChI=1S/C32H32F2/c1-3-7-30-31(33)21-29(22-32(30)34)28-18-16-25(17-19-28)11-10-24-12-14-26(15-13-24)20-23(2)27-8-5-4-6-9-27/h4-6,8-9,12-19,21-23H,3,7,10-11,20H2,1-2H3/t23-/m1/s1. The van der Waals surface area contributed by atoms with Crippen LogP contribution in [0.1, 0.15) is 54.0 Å². The molecule has 0 spiro atoms. The summed E-state index contributed by atoms with van der Waals surface area (Å²) < 4.78 is 28.6. The molecule has 0 heterocycles. The number of rotatable bonds is 9. The molecule has 0 aliphatic heterocycles. The first-order valence-electron chi connectivity index (χ1n) is 12.2.